The van der Waals surface area contributed by atoms with Crippen LogP contribution in [0.1, 0.15) is 162 Å². The molecule has 246 valence electrons. The Morgan fingerprint density at radius 2 is 1.31 bits per heavy atom. The lowest BCUT2D eigenvalue weighted by molar-refractivity contribution is -0.139. The summed E-state index contributed by atoms with van der Waals surface area (Å²) >= 11 is 0. The van der Waals surface area contributed by atoms with Crippen LogP contribution < -0.4 is 0 Å². The smallest absolute Gasteiger partial charge is 0.334 e. The maximum Gasteiger partial charge on any atom is 0.334 e. The van der Waals surface area contributed by atoms with Crippen LogP contribution in [0.5, 0.6) is 0 Å². The van der Waals surface area contributed by atoms with E-state index in [-0.39, 0.29) is 24.3 Å². The number of cyclic esters (lactones) is 1. The molecular weight excluding hydrogens is 532 g/mol. The third kappa shape index (κ3) is 16.2. The van der Waals surface area contributed by atoms with Crippen LogP contribution in [0.4, 0.5) is 0 Å². The van der Waals surface area contributed by atoms with E-state index in [0.29, 0.717) is 37.7 Å². The molecule has 0 amide bonds. The van der Waals surface area contributed by atoms with Gasteiger partial charge >= 0.3 is 5.97 Å². The summed E-state index contributed by atoms with van der Waals surface area (Å²) in [6.45, 7) is 4.07. The van der Waals surface area contributed by atoms with Gasteiger partial charge in [0.25, 0.3) is 0 Å². The highest BCUT2D eigenvalue weighted by molar-refractivity contribution is 5.90. The zero-order chi connectivity index (χ0) is 30.6. The number of aliphatic hydroxyl groups is 4. The van der Waals surface area contributed by atoms with Gasteiger partial charge in [0, 0.05) is 12.0 Å². The Balaban J connectivity index is 1.42. The van der Waals surface area contributed by atoms with E-state index in [9.17, 15) is 25.2 Å². The van der Waals surface area contributed by atoms with E-state index in [1.165, 1.54) is 51.4 Å². The minimum atomic E-state index is -0.781. The first-order valence-corrected chi connectivity index (χ1v) is 17.6. The molecule has 0 aromatic carbocycles. The first-order valence-electron chi connectivity index (χ1n) is 17.6. The lowest BCUT2D eigenvalue weighted by atomic mass is 9.97. The largest absolute Gasteiger partial charge is 0.455 e. The zero-order valence-electron chi connectivity index (χ0n) is 26.9. The molecule has 0 saturated carbocycles. The molecule has 2 aliphatic heterocycles. The number of rotatable bonds is 26. The monoisotopic (exact) mass is 596 g/mol. The van der Waals surface area contributed by atoms with Crippen molar-refractivity contribution in [1.29, 1.82) is 0 Å². The highest BCUT2D eigenvalue weighted by atomic mass is 16.5. The summed E-state index contributed by atoms with van der Waals surface area (Å²) in [6, 6.07) is 0. The van der Waals surface area contributed by atoms with E-state index in [1.807, 2.05) is 6.92 Å². The van der Waals surface area contributed by atoms with E-state index >= 15 is 0 Å². The minimum absolute atomic E-state index is 0.168. The molecule has 2 rings (SSSR count). The maximum atomic E-state index is 11.7. The topological polar surface area (TPSA) is 116 Å². The van der Waals surface area contributed by atoms with Crippen LogP contribution in [0, 0.1) is 0 Å². The summed E-state index contributed by atoms with van der Waals surface area (Å²) in [5.74, 6) is -0.295. The molecule has 7 heteroatoms. The highest BCUT2D eigenvalue weighted by Crippen LogP contribution is 2.28. The van der Waals surface area contributed by atoms with E-state index in [2.05, 4.69) is 6.92 Å². The van der Waals surface area contributed by atoms with Gasteiger partial charge in [0.05, 0.1) is 36.6 Å². The van der Waals surface area contributed by atoms with Crippen LogP contribution >= 0.6 is 0 Å². The number of aliphatic hydroxyl groups excluding tert-OH is 4. The second-order valence-electron chi connectivity index (χ2n) is 13.1. The molecule has 7 nitrogen and oxygen atoms in total. The van der Waals surface area contributed by atoms with Crippen molar-refractivity contribution >= 4 is 5.97 Å². The number of ether oxygens (including phenoxy) is 2. The van der Waals surface area contributed by atoms with Crippen molar-refractivity contribution in [2.45, 2.75) is 204 Å². The van der Waals surface area contributed by atoms with E-state index in [0.717, 1.165) is 64.2 Å². The Hall–Kier alpha value is -0.990. The quantitative estimate of drug-likeness (QED) is 0.0624. The Labute approximate surface area is 256 Å². The van der Waals surface area contributed by atoms with Gasteiger partial charge in [-0.25, -0.2) is 4.79 Å². The number of esters is 1. The lowest BCUT2D eigenvalue weighted by Crippen LogP contribution is -2.31. The molecule has 42 heavy (non-hydrogen) atoms. The second kappa shape index (κ2) is 22.5. The Bertz CT molecular complexity index is 726. The molecule has 0 spiro atoms. The van der Waals surface area contributed by atoms with Crippen molar-refractivity contribution < 1.29 is 34.7 Å². The van der Waals surface area contributed by atoms with Crippen LogP contribution in [0.15, 0.2) is 11.6 Å². The predicted molar refractivity (Wildman–Crippen MR) is 168 cm³/mol. The third-order valence-electron chi connectivity index (χ3n) is 9.14. The number of unbranched alkanes of at least 4 members (excludes halogenated alkanes) is 13. The summed E-state index contributed by atoms with van der Waals surface area (Å²) in [4.78, 5) is 11.7. The average Bonchev–Trinajstić information content (AvgIpc) is 3.57. The Kier molecular flexibility index (Phi) is 19.9. The standard InChI is InChI=1S/C35H64O7/c1-3-4-5-6-7-8-9-10-14-17-20-31(37)32(38)22-23-33(39)34-24-21-30(42-34)19-16-13-11-12-15-18-29(36)26-28-25-27(2)41-35(28)40/h25,27,29-34,36-39H,3-24,26H2,1-2H3/t27-,29+,30-,31+,32+,33-,34-/m0/s1. The first-order chi connectivity index (χ1) is 20.3. The van der Waals surface area contributed by atoms with Crippen LogP contribution in [-0.2, 0) is 14.3 Å². The molecule has 0 aromatic heterocycles. The molecule has 2 aliphatic rings. The SMILES string of the molecule is CCCCCCCCCCCC[C@@H](O)[C@H](O)CC[C@H](O)[C@@H]1CC[C@H](CCCCCCC[C@@H](O)CC2=C[C@H](C)OC2=O)O1. The van der Waals surface area contributed by atoms with Gasteiger partial charge in [0.15, 0.2) is 0 Å². The number of hydrogen-bond acceptors (Lipinski definition) is 7. The number of carbonyl (C=O) groups excluding carboxylic acids is 1. The van der Waals surface area contributed by atoms with Crippen molar-refractivity contribution in [1.82, 2.24) is 0 Å². The number of carbonyl (C=O) groups is 1. The molecular formula is C35H64O7. The van der Waals surface area contributed by atoms with Gasteiger partial charge in [0.1, 0.15) is 6.10 Å². The summed E-state index contributed by atoms with van der Waals surface area (Å²) < 4.78 is 11.2. The van der Waals surface area contributed by atoms with Crippen molar-refractivity contribution in [3.63, 3.8) is 0 Å². The Morgan fingerprint density at radius 3 is 1.93 bits per heavy atom. The molecule has 0 unspecified atom stereocenters. The van der Waals surface area contributed by atoms with Crippen LogP contribution in [0.2, 0.25) is 0 Å². The second-order valence-corrected chi connectivity index (χ2v) is 13.1. The predicted octanol–water partition coefficient (Wildman–Crippen LogP) is 7.06. The van der Waals surface area contributed by atoms with Gasteiger partial charge in [-0.3, -0.25) is 0 Å². The van der Waals surface area contributed by atoms with Crippen molar-refractivity contribution in [3.05, 3.63) is 11.6 Å². The highest BCUT2D eigenvalue weighted by Gasteiger charge is 2.31. The van der Waals surface area contributed by atoms with E-state index in [4.69, 9.17) is 9.47 Å². The molecule has 1 saturated heterocycles. The Morgan fingerprint density at radius 1 is 0.738 bits per heavy atom. The maximum absolute atomic E-state index is 11.7. The summed E-state index contributed by atoms with van der Waals surface area (Å²) in [6.07, 6.45) is 22.4. The van der Waals surface area contributed by atoms with Gasteiger partial charge in [-0.2, -0.15) is 0 Å². The van der Waals surface area contributed by atoms with Crippen LogP contribution in [0.25, 0.3) is 0 Å². The summed E-state index contributed by atoms with van der Waals surface area (Å²) in [7, 11) is 0. The molecule has 0 aromatic rings. The van der Waals surface area contributed by atoms with Gasteiger partial charge in [-0.1, -0.05) is 103 Å². The average molecular weight is 597 g/mol. The third-order valence-corrected chi connectivity index (χ3v) is 9.14. The molecule has 1 fully saturated rings. The molecule has 0 bridgehead atoms. The zero-order valence-corrected chi connectivity index (χ0v) is 26.9. The van der Waals surface area contributed by atoms with Gasteiger partial charge < -0.3 is 29.9 Å². The van der Waals surface area contributed by atoms with Crippen LogP contribution in [-0.4, -0.2) is 69.1 Å². The molecule has 0 radical (unpaired) electrons. The fourth-order valence-electron chi connectivity index (χ4n) is 6.40. The first kappa shape index (κ1) is 37.2. The van der Waals surface area contributed by atoms with Crippen molar-refractivity contribution in [3.8, 4) is 0 Å². The van der Waals surface area contributed by atoms with Gasteiger partial charge in [0.2, 0.25) is 0 Å². The fourth-order valence-corrected chi connectivity index (χ4v) is 6.40. The lowest BCUT2D eigenvalue weighted by Gasteiger charge is -2.22. The normalized spacial score (nSPS) is 23.5. The molecule has 7 atom stereocenters. The fraction of sp³-hybridized carbons (Fsp3) is 0.914. The van der Waals surface area contributed by atoms with Gasteiger partial charge in [-0.15, -0.1) is 0 Å². The molecule has 4 N–H and O–H groups in total. The van der Waals surface area contributed by atoms with E-state index < -0.39 is 24.4 Å². The van der Waals surface area contributed by atoms with E-state index in [1.54, 1.807) is 6.08 Å². The van der Waals surface area contributed by atoms with Crippen molar-refractivity contribution in [2.75, 3.05) is 0 Å². The summed E-state index contributed by atoms with van der Waals surface area (Å²) in [5, 5.41) is 41.6. The molecule has 2 heterocycles. The van der Waals surface area contributed by atoms with Crippen molar-refractivity contribution in [2.24, 2.45) is 0 Å². The van der Waals surface area contributed by atoms with Gasteiger partial charge in [-0.05, 0) is 57.9 Å². The minimum Gasteiger partial charge on any atom is -0.455 e. The number of hydrogen-bond donors (Lipinski definition) is 4. The summed E-state index contributed by atoms with van der Waals surface area (Å²) in [5.41, 5.74) is 0.600. The molecule has 0 aliphatic carbocycles. The van der Waals surface area contributed by atoms with Crippen LogP contribution in [0.3, 0.4) is 0 Å².